The maximum Gasteiger partial charge on any atom is 0.160 e. The molecule has 51 heavy (non-hydrogen) atoms. The summed E-state index contributed by atoms with van der Waals surface area (Å²) >= 11 is 1.85. The number of furan rings is 1. The highest BCUT2D eigenvalue weighted by molar-refractivity contribution is 7.25. The van der Waals surface area contributed by atoms with Gasteiger partial charge in [-0.05, 0) is 88.0 Å². The van der Waals surface area contributed by atoms with Gasteiger partial charge in [0.25, 0.3) is 0 Å². The predicted molar refractivity (Wildman–Crippen MR) is 218 cm³/mol. The molecule has 0 aliphatic carbocycles. The molecule has 0 spiro atoms. The quantitative estimate of drug-likeness (QED) is 0.175. The van der Waals surface area contributed by atoms with Crippen LogP contribution in [0.5, 0.6) is 0 Å². The van der Waals surface area contributed by atoms with E-state index < -0.39 is 0 Å². The summed E-state index contributed by atoms with van der Waals surface area (Å²) in [6.45, 7) is 0. The zero-order valence-electron chi connectivity index (χ0n) is 27.7. The topological polar surface area (TPSA) is 16.4 Å². The molecule has 2 aromatic heterocycles. The highest BCUT2D eigenvalue weighted by atomic mass is 32.1. The standard InChI is InChI=1S/C48H31NOS/c1-3-11-32(12-4-1)33-19-24-37(25-20-33)49(38-26-21-34(22-27-38)36-23-30-46-42(31-36)40-15-8-10-18-45(40)51-46)43-29-28-39(35-13-5-2-6-14-35)47-41-16-7-9-17-44(41)50-48(43)47/h1-31H. The molecule has 0 atom stereocenters. The van der Waals surface area contributed by atoms with Gasteiger partial charge in [0.15, 0.2) is 5.58 Å². The van der Waals surface area contributed by atoms with E-state index >= 15 is 0 Å². The van der Waals surface area contributed by atoms with E-state index in [-0.39, 0.29) is 0 Å². The minimum absolute atomic E-state index is 0.864. The van der Waals surface area contributed by atoms with Gasteiger partial charge in [0, 0.05) is 42.3 Å². The summed E-state index contributed by atoms with van der Waals surface area (Å²) in [5, 5.41) is 4.85. The van der Waals surface area contributed by atoms with Crippen molar-refractivity contribution in [3.05, 3.63) is 188 Å². The number of hydrogen-bond acceptors (Lipinski definition) is 3. The predicted octanol–water partition coefficient (Wildman–Crippen LogP) is 14.4. The van der Waals surface area contributed by atoms with Gasteiger partial charge in [-0.25, -0.2) is 0 Å². The SMILES string of the molecule is c1ccc(-c2ccc(N(c3ccc(-c4ccc5sc6ccccc6c5c4)cc3)c3ccc(-c4ccccc4)c4c3oc3ccccc34)cc2)cc1. The van der Waals surface area contributed by atoms with E-state index in [2.05, 4.69) is 187 Å². The molecule has 10 rings (SSSR count). The van der Waals surface area contributed by atoms with Crippen LogP contribution >= 0.6 is 11.3 Å². The highest BCUT2D eigenvalue weighted by Gasteiger charge is 2.22. The van der Waals surface area contributed by atoms with Crippen molar-refractivity contribution in [1.29, 1.82) is 0 Å². The minimum atomic E-state index is 0.864. The molecule has 0 bridgehead atoms. The molecule has 0 radical (unpaired) electrons. The number of para-hydroxylation sites is 1. The number of thiophene rings is 1. The third-order valence-electron chi connectivity index (χ3n) is 9.90. The number of rotatable bonds is 6. The molecule has 2 heterocycles. The second-order valence-corrected chi connectivity index (χ2v) is 14.0. The maximum absolute atomic E-state index is 6.78. The van der Waals surface area contributed by atoms with Crippen LogP contribution in [-0.2, 0) is 0 Å². The van der Waals surface area contributed by atoms with E-state index in [0.717, 1.165) is 44.6 Å². The highest BCUT2D eigenvalue weighted by Crippen LogP contribution is 2.46. The van der Waals surface area contributed by atoms with E-state index in [0.29, 0.717) is 0 Å². The monoisotopic (exact) mass is 669 g/mol. The molecule has 0 amide bonds. The van der Waals surface area contributed by atoms with E-state index in [1.54, 1.807) is 0 Å². The van der Waals surface area contributed by atoms with Crippen molar-refractivity contribution in [3.8, 4) is 33.4 Å². The zero-order chi connectivity index (χ0) is 33.7. The summed E-state index contributed by atoms with van der Waals surface area (Å²) in [4.78, 5) is 2.33. The van der Waals surface area contributed by atoms with E-state index in [4.69, 9.17) is 4.42 Å². The average Bonchev–Trinajstić information content (AvgIpc) is 3.78. The van der Waals surface area contributed by atoms with Crippen LogP contribution in [-0.4, -0.2) is 0 Å². The molecule has 3 heteroatoms. The smallest absolute Gasteiger partial charge is 0.160 e. The fourth-order valence-corrected chi connectivity index (χ4v) is 8.50. The molecule has 10 aromatic rings. The summed E-state index contributed by atoms with van der Waals surface area (Å²) in [6, 6.07) is 67.3. The molecule has 0 fully saturated rings. The average molecular weight is 670 g/mol. The van der Waals surface area contributed by atoms with Gasteiger partial charge in [-0.15, -0.1) is 11.3 Å². The summed E-state index contributed by atoms with van der Waals surface area (Å²) in [5.74, 6) is 0. The Hall–Kier alpha value is -6.42. The Morgan fingerprint density at radius 1 is 0.392 bits per heavy atom. The summed E-state index contributed by atoms with van der Waals surface area (Å²) < 4.78 is 9.42. The lowest BCUT2D eigenvalue weighted by Crippen LogP contribution is -2.10. The molecular formula is C48H31NOS. The lowest BCUT2D eigenvalue weighted by atomic mass is 9.98. The Balaban J connectivity index is 1.14. The minimum Gasteiger partial charge on any atom is -0.454 e. The van der Waals surface area contributed by atoms with E-state index in [9.17, 15) is 0 Å². The van der Waals surface area contributed by atoms with Crippen LogP contribution in [0, 0.1) is 0 Å². The molecule has 8 aromatic carbocycles. The number of anilines is 3. The van der Waals surface area contributed by atoms with Crippen LogP contribution in [0.15, 0.2) is 192 Å². The van der Waals surface area contributed by atoms with Crippen molar-refractivity contribution in [3.63, 3.8) is 0 Å². The number of nitrogens with zero attached hydrogens (tertiary/aromatic N) is 1. The van der Waals surface area contributed by atoms with Gasteiger partial charge in [0.2, 0.25) is 0 Å². The fourth-order valence-electron chi connectivity index (χ4n) is 7.42. The fraction of sp³-hybridized carbons (Fsp3) is 0. The third-order valence-corrected chi connectivity index (χ3v) is 11.1. The molecule has 0 saturated carbocycles. The van der Waals surface area contributed by atoms with Crippen LogP contribution in [0.3, 0.4) is 0 Å². The van der Waals surface area contributed by atoms with E-state index in [1.807, 2.05) is 17.4 Å². The van der Waals surface area contributed by atoms with Crippen LogP contribution in [0.2, 0.25) is 0 Å². The second-order valence-electron chi connectivity index (χ2n) is 12.9. The van der Waals surface area contributed by atoms with Gasteiger partial charge in [-0.1, -0.05) is 133 Å². The van der Waals surface area contributed by atoms with Gasteiger partial charge in [0.1, 0.15) is 5.58 Å². The Morgan fingerprint density at radius 3 is 1.67 bits per heavy atom. The molecule has 0 aliphatic rings. The first-order valence-electron chi connectivity index (χ1n) is 17.3. The Labute approximate surface area is 300 Å². The molecule has 240 valence electrons. The molecule has 0 unspecified atom stereocenters. The van der Waals surface area contributed by atoms with Gasteiger partial charge in [-0.3, -0.25) is 0 Å². The maximum atomic E-state index is 6.78. The van der Waals surface area contributed by atoms with Crippen LogP contribution < -0.4 is 4.90 Å². The lowest BCUT2D eigenvalue weighted by molar-refractivity contribution is 0.669. The molecule has 0 N–H and O–H groups in total. The first-order chi connectivity index (χ1) is 25.3. The van der Waals surface area contributed by atoms with Crippen molar-refractivity contribution in [1.82, 2.24) is 0 Å². The largest absolute Gasteiger partial charge is 0.454 e. The van der Waals surface area contributed by atoms with Gasteiger partial charge >= 0.3 is 0 Å². The van der Waals surface area contributed by atoms with Gasteiger partial charge < -0.3 is 9.32 Å². The summed E-state index contributed by atoms with van der Waals surface area (Å²) in [5.41, 5.74) is 11.9. The summed E-state index contributed by atoms with van der Waals surface area (Å²) in [6.07, 6.45) is 0. The first-order valence-corrected chi connectivity index (χ1v) is 18.1. The summed E-state index contributed by atoms with van der Waals surface area (Å²) in [7, 11) is 0. The second kappa shape index (κ2) is 12.2. The number of benzene rings is 8. The van der Waals surface area contributed by atoms with Crippen LogP contribution in [0.1, 0.15) is 0 Å². The normalized spacial score (nSPS) is 11.5. The van der Waals surface area contributed by atoms with Crippen LogP contribution in [0.25, 0.3) is 75.5 Å². The van der Waals surface area contributed by atoms with Crippen molar-refractivity contribution in [2.75, 3.05) is 4.90 Å². The van der Waals surface area contributed by atoms with Gasteiger partial charge in [0.05, 0.1) is 5.69 Å². The Morgan fingerprint density at radius 2 is 0.941 bits per heavy atom. The Kier molecular flexibility index (Phi) is 7.04. The first kappa shape index (κ1) is 29.5. The molecule has 0 saturated heterocycles. The molecule has 0 aliphatic heterocycles. The van der Waals surface area contributed by atoms with Gasteiger partial charge in [-0.2, -0.15) is 0 Å². The van der Waals surface area contributed by atoms with Crippen LogP contribution in [0.4, 0.5) is 17.1 Å². The van der Waals surface area contributed by atoms with Crippen molar-refractivity contribution in [2.24, 2.45) is 0 Å². The van der Waals surface area contributed by atoms with Crippen molar-refractivity contribution < 1.29 is 4.42 Å². The molecular weight excluding hydrogens is 639 g/mol. The zero-order valence-corrected chi connectivity index (χ0v) is 28.5. The Bertz CT molecular complexity index is 2830. The van der Waals surface area contributed by atoms with E-state index in [1.165, 1.54) is 48.0 Å². The third kappa shape index (κ3) is 5.10. The number of hydrogen-bond donors (Lipinski definition) is 0. The van der Waals surface area contributed by atoms with Crippen molar-refractivity contribution in [2.45, 2.75) is 0 Å². The molecule has 2 nitrogen and oxygen atoms in total. The van der Waals surface area contributed by atoms with Crippen molar-refractivity contribution >= 4 is 70.5 Å². The lowest BCUT2D eigenvalue weighted by Gasteiger charge is -2.26. The number of fused-ring (bicyclic) bond motifs is 6.